The number of nitrogens with one attached hydrogen (secondary N) is 1. The molecule has 12 heavy (non-hydrogen) atoms. The van der Waals surface area contributed by atoms with Crippen molar-refractivity contribution in [1.29, 1.82) is 0 Å². The number of nitrogens with zero attached hydrogens (tertiary/aromatic N) is 1. The molecule has 0 aromatic carbocycles. The van der Waals surface area contributed by atoms with Crippen LogP contribution in [-0.2, 0) is 4.79 Å². The number of hydrogen-bond donors (Lipinski definition) is 1. The summed E-state index contributed by atoms with van der Waals surface area (Å²) in [5.41, 5.74) is 1.62. The fourth-order valence-corrected chi connectivity index (χ4v) is 0.817. The molecule has 1 heterocycles. The minimum atomic E-state index is -0.208. The number of rotatable bonds is 2. The second-order valence-corrected chi connectivity index (χ2v) is 2.38. The van der Waals surface area contributed by atoms with Gasteiger partial charge in [0.2, 0.25) is 5.91 Å². The van der Waals surface area contributed by atoms with Gasteiger partial charge in [0, 0.05) is 17.6 Å². The van der Waals surface area contributed by atoms with Crippen LogP contribution in [0.4, 0.5) is 5.69 Å². The SMILES string of the molecule is C=CC(=O)Nc1ccnc(C)c1. The van der Waals surface area contributed by atoms with Crippen LogP contribution < -0.4 is 5.32 Å². The summed E-state index contributed by atoms with van der Waals surface area (Å²) in [6.45, 7) is 5.22. The number of hydrogen-bond acceptors (Lipinski definition) is 2. The van der Waals surface area contributed by atoms with Gasteiger partial charge in [0.25, 0.3) is 0 Å². The highest BCUT2D eigenvalue weighted by Gasteiger charge is 1.95. The minimum Gasteiger partial charge on any atom is -0.322 e. The molecular formula is C9H10N2O. The van der Waals surface area contributed by atoms with Crippen molar-refractivity contribution in [3.8, 4) is 0 Å². The van der Waals surface area contributed by atoms with Gasteiger partial charge in [-0.25, -0.2) is 0 Å². The van der Waals surface area contributed by atoms with Gasteiger partial charge in [-0.2, -0.15) is 0 Å². The molecule has 3 heteroatoms. The number of carbonyl (C=O) groups is 1. The smallest absolute Gasteiger partial charge is 0.247 e. The van der Waals surface area contributed by atoms with Crippen molar-refractivity contribution in [3.63, 3.8) is 0 Å². The zero-order chi connectivity index (χ0) is 8.97. The van der Waals surface area contributed by atoms with Crippen molar-refractivity contribution in [1.82, 2.24) is 4.98 Å². The number of pyridine rings is 1. The van der Waals surface area contributed by atoms with Crippen molar-refractivity contribution in [3.05, 3.63) is 36.7 Å². The van der Waals surface area contributed by atoms with Gasteiger partial charge >= 0.3 is 0 Å². The standard InChI is InChI=1S/C9H10N2O/c1-3-9(12)11-8-4-5-10-7(2)6-8/h3-6H,1H2,2H3,(H,10,11,12). The Morgan fingerprint density at radius 3 is 3.08 bits per heavy atom. The predicted octanol–water partition coefficient (Wildman–Crippen LogP) is 1.51. The molecule has 0 spiro atoms. The quantitative estimate of drug-likeness (QED) is 0.670. The molecule has 0 unspecified atom stereocenters. The van der Waals surface area contributed by atoms with Gasteiger partial charge in [-0.1, -0.05) is 6.58 Å². The molecule has 0 saturated carbocycles. The lowest BCUT2D eigenvalue weighted by Crippen LogP contribution is -2.07. The van der Waals surface area contributed by atoms with Crippen molar-refractivity contribution >= 4 is 11.6 Å². The summed E-state index contributed by atoms with van der Waals surface area (Å²) >= 11 is 0. The van der Waals surface area contributed by atoms with E-state index in [9.17, 15) is 4.79 Å². The number of anilines is 1. The van der Waals surface area contributed by atoms with Crippen LogP contribution in [0.1, 0.15) is 5.69 Å². The molecule has 0 saturated heterocycles. The maximum absolute atomic E-state index is 10.8. The Hall–Kier alpha value is -1.64. The molecule has 1 N–H and O–H groups in total. The average molecular weight is 162 g/mol. The summed E-state index contributed by atoms with van der Waals surface area (Å²) < 4.78 is 0. The zero-order valence-electron chi connectivity index (χ0n) is 6.87. The number of amides is 1. The lowest BCUT2D eigenvalue weighted by molar-refractivity contribution is -0.111. The predicted molar refractivity (Wildman–Crippen MR) is 47.8 cm³/mol. The van der Waals surface area contributed by atoms with Crippen LogP contribution >= 0.6 is 0 Å². The summed E-state index contributed by atoms with van der Waals surface area (Å²) in [6.07, 6.45) is 2.88. The van der Waals surface area contributed by atoms with E-state index in [4.69, 9.17) is 0 Å². The molecule has 3 nitrogen and oxygen atoms in total. The van der Waals surface area contributed by atoms with E-state index in [1.807, 2.05) is 6.92 Å². The van der Waals surface area contributed by atoms with Gasteiger partial charge in [-0.3, -0.25) is 9.78 Å². The van der Waals surface area contributed by atoms with E-state index in [1.165, 1.54) is 6.08 Å². The maximum atomic E-state index is 10.8. The Labute approximate surface area is 71.1 Å². The van der Waals surface area contributed by atoms with Gasteiger partial charge < -0.3 is 5.32 Å². The second-order valence-electron chi connectivity index (χ2n) is 2.38. The summed E-state index contributed by atoms with van der Waals surface area (Å²) in [5.74, 6) is -0.208. The summed E-state index contributed by atoms with van der Waals surface area (Å²) in [5, 5.41) is 2.64. The number of aromatic nitrogens is 1. The lowest BCUT2D eigenvalue weighted by atomic mass is 10.3. The maximum Gasteiger partial charge on any atom is 0.247 e. The third-order valence-electron chi connectivity index (χ3n) is 1.35. The van der Waals surface area contributed by atoms with Crippen LogP contribution in [0.2, 0.25) is 0 Å². The largest absolute Gasteiger partial charge is 0.322 e. The monoisotopic (exact) mass is 162 g/mol. The van der Waals surface area contributed by atoms with E-state index in [1.54, 1.807) is 18.3 Å². The molecule has 0 aliphatic heterocycles. The van der Waals surface area contributed by atoms with Crippen LogP contribution in [0, 0.1) is 6.92 Å². The minimum absolute atomic E-state index is 0.208. The third-order valence-corrected chi connectivity index (χ3v) is 1.35. The third kappa shape index (κ3) is 2.20. The van der Waals surface area contributed by atoms with Crippen LogP contribution in [0.25, 0.3) is 0 Å². The highest BCUT2D eigenvalue weighted by atomic mass is 16.1. The first-order chi connectivity index (χ1) is 5.72. The lowest BCUT2D eigenvalue weighted by Gasteiger charge is -2.01. The van der Waals surface area contributed by atoms with E-state index >= 15 is 0 Å². The summed E-state index contributed by atoms with van der Waals surface area (Å²) in [6, 6.07) is 3.52. The van der Waals surface area contributed by atoms with Gasteiger partial charge in [-0.05, 0) is 25.1 Å². The number of carbonyl (C=O) groups excluding carboxylic acids is 1. The molecule has 0 radical (unpaired) electrons. The highest BCUT2D eigenvalue weighted by Crippen LogP contribution is 2.06. The summed E-state index contributed by atoms with van der Waals surface area (Å²) in [7, 11) is 0. The van der Waals surface area contributed by atoms with E-state index < -0.39 is 0 Å². The molecule has 0 aliphatic rings. The van der Waals surface area contributed by atoms with E-state index in [2.05, 4.69) is 16.9 Å². The Bertz CT molecular complexity index is 307. The van der Waals surface area contributed by atoms with Gasteiger partial charge in [0.15, 0.2) is 0 Å². The molecular weight excluding hydrogens is 152 g/mol. The number of aryl methyl sites for hydroxylation is 1. The Balaban J connectivity index is 2.76. The molecule has 0 bridgehead atoms. The van der Waals surface area contributed by atoms with Gasteiger partial charge in [-0.15, -0.1) is 0 Å². The Morgan fingerprint density at radius 2 is 2.50 bits per heavy atom. The molecule has 0 aliphatic carbocycles. The molecule has 0 atom stereocenters. The Kier molecular flexibility index (Phi) is 2.58. The van der Waals surface area contributed by atoms with Crippen LogP contribution in [-0.4, -0.2) is 10.9 Å². The topological polar surface area (TPSA) is 42.0 Å². The first-order valence-corrected chi connectivity index (χ1v) is 3.58. The highest BCUT2D eigenvalue weighted by molar-refractivity contribution is 5.98. The summed E-state index contributed by atoms with van der Waals surface area (Å²) in [4.78, 5) is 14.8. The van der Waals surface area contributed by atoms with Gasteiger partial charge in [0.1, 0.15) is 0 Å². The fourth-order valence-electron chi connectivity index (χ4n) is 0.817. The second kappa shape index (κ2) is 3.67. The van der Waals surface area contributed by atoms with Crippen molar-refractivity contribution in [2.75, 3.05) is 5.32 Å². The molecule has 0 fully saturated rings. The first kappa shape index (κ1) is 8.46. The first-order valence-electron chi connectivity index (χ1n) is 3.58. The average Bonchev–Trinajstić information content (AvgIpc) is 2.04. The molecule has 1 amide bonds. The molecule has 62 valence electrons. The van der Waals surface area contributed by atoms with Crippen molar-refractivity contribution in [2.45, 2.75) is 6.92 Å². The van der Waals surface area contributed by atoms with E-state index in [0.717, 1.165) is 11.4 Å². The van der Waals surface area contributed by atoms with Gasteiger partial charge in [0.05, 0.1) is 0 Å². The van der Waals surface area contributed by atoms with Crippen LogP contribution in [0.15, 0.2) is 31.0 Å². The fraction of sp³-hybridized carbons (Fsp3) is 0.111. The Morgan fingerprint density at radius 1 is 1.75 bits per heavy atom. The molecule has 1 aromatic heterocycles. The zero-order valence-corrected chi connectivity index (χ0v) is 6.87. The normalized spacial score (nSPS) is 9.08. The van der Waals surface area contributed by atoms with Crippen LogP contribution in [0.3, 0.4) is 0 Å². The van der Waals surface area contributed by atoms with Crippen molar-refractivity contribution in [2.24, 2.45) is 0 Å². The van der Waals surface area contributed by atoms with E-state index in [-0.39, 0.29) is 5.91 Å². The molecule has 1 rings (SSSR count). The van der Waals surface area contributed by atoms with Crippen LogP contribution in [0.5, 0.6) is 0 Å². The molecule has 1 aromatic rings. The van der Waals surface area contributed by atoms with E-state index in [0.29, 0.717) is 0 Å². The van der Waals surface area contributed by atoms with Crippen molar-refractivity contribution < 1.29 is 4.79 Å².